The third kappa shape index (κ3) is 15.2. The van der Waals surface area contributed by atoms with E-state index in [0.717, 1.165) is 4.90 Å². The summed E-state index contributed by atoms with van der Waals surface area (Å²) in [4.78, 5) is 56.9. The van der Waals surface area contributed by atoms with Crippen LogP contribution in [0.4, 0.5) is 4.79 Å². The van der Waals surface area contributed by atoms with E-state index < -0.39 is 56.1 Å². The maximum absolute atomic E-state index is 11.0. The molecule has 0 aromatic carbocycles. The summed E-state index contributed by atoms with van der Waals surface area (Å²) in [6.07, 6.45) is -1.49. The molecule has 0 atom stereocenters. The number of carbonyl (C=O) groups is 5. The SMILES string of the molecule is O=C(O)CN(CCN(CC(=O)O)CC(=O)O)CCN(CC(=O)O)C(=O)O.[Gd]. The molecule has 0 aliphatic heterocycles. The first-order chi connectivity index (χ1) is 12.0. The molecular formula is C13H21GdN3O10. The van der Waals surface area contributed by atoms with Gasteiger partial charge in [-0.2, -0.15) is 0 Å². The van der Waals surface area contributed by atoms with Crippen molar-refractivity contribution in [2.24, 2.45) is 0 Å². The van der Waals surface area contributed by atoms with Crippen LogP contribution in [0, 0.1) is 39.9 Å². The van der Waals surface area contributed by atoms with Crippen molar-refractivity contribution in [3.8, 4) is 0 Å². The van der Waals surface area contributed by atoms with Crippen molar-refractivity contribution < 1.29 is 89.4 Å². The van der Waals surface area contributed by atoms with E-state index in [1.807, 2.05) is 0 Å². The van der Waals surface area contributed by atoms with Crippen LogP contribution < -0.4 is 0 Å². The zero-order valence-corrected chi connectivity index (χ0v) is 16.4. The van der Waals surface area contributed by atoms with E-state index in [1.54, 1.807) is 0 Å². The molecule has 0 fully saturated rings. The van der Waals surface area contributed by atoms with Gasteiger partial charge in [-0.1, -0.05) is 0 Å². The van der Waals surface area contributed by atoms with Crippen LogP contribution in [0.15, 0.2) is 0 Å². The van der Waals surface area contributed by atoms with Crippen LogP contribution in [-0.2, 0) is 19.2 Å². The molecule has 0 aromatic rings. The standard InChI is InChI=1S/C13H21N3O10.Gd/c17-9(18)5-14(3-4-16(13(25)26)8-12(23)24)1-2-15(6-10(19)20)7-11(21)22;/h1-8H2,(H,17,18)(H,19,20)(H,21,22)(H,23,24)(H,25,26);. The van der Waals surface area contributed by atoms with Crippen molar-refractivity contribution in [1.82, 2.24) is 14.7 Å². The van der Waals surface area contributed by atoms with E-state index in [2.05, 4.69) is 0 Å². The van der Waals surface area contributed by atoms with Crippen molar-refractivity contribution in [2.75, 3.05) is 52.4 Å². The fourth-order valence-corrected chi connectivity index (χ4v) is 2.01. The number of carboxylic acids is 4. The van der Waals surface area contributed by atoms with E-state index in [0.29, 0.717) is 4.90 Å². The van der Waals surface area contributed by atoms with Crippen molar-refractivity contribution in [3.63, 3.8) is 0 Å². The quantitative estimate of drug-likeness (QED) is 0.163. The van der Waals surface area contributed by atoms with Crippen molar-refractivity contribution >= 4 is 30.0 Å². The molecule has 14 heteroatoms. The van der Waals surface area contributed by atoms with E-state index in [1.165, 1.54) is 4.90 Å². The molecule has 0 saturated heterocycles. The van der Waals surface area contributed by atoms with Crippen molar-refractivity contribution in [3.05, 3.63) is 0 Å². The Morgan fingerprint density at radius 1 is 0.519 bits per heavy atom. The Balaban J connectivity index is 0. The van der Waals surface area contributed by atoms with Gasteiger partial charge in [-0.25, -0.2) is 4.79 Å². The summed E-state index contributed by atoms with van der Waals surface area (Å²) < 4.78 is 0. The first-order valence-corrected chi connectivity index (χ1v) is 7.31. The molecule has 0 heterocycles. The smallest absolute Gasteiger partial charge is 0.407 e. The van der Waals surface area contributed by atoms with E-state index in [-0.39, 0.29) is 66.1 Å². The summed E-state index contributed by atoms with van der Waals surface area (Å²) in [6.45, 7) is -2.95. The predicted molar refractivity (Wildman–Crippen MR) is 83.0 cm³/mol. The third-order valence-corrected chi connectivity index (χ3v) is 3.09. The molecule has 27 heavy (non-hydrogen) atoms. The first kappa shape index (κ1) is 27.6. The zero-order chi connectivity index (χ0) is 20.3. The molecule has 13 nitrogen and oxygen atoms in total. The molecule has 0 aliphatic carbocycles. The topological polar surface area (TPSA) is 196 Å². The number of aliphatic carboxylic acids is 4. The van der Waals surface area contributed by atoms with Gasteiger partial charge in [0.1, 0.15) is 6.54 Å². The van der Waals surface area contributed by atoms with Gasteiger partial charge in [0, 0.05) is 66.1 Å². The van der Waals surface area contributed by atoms with Gasteiger partial charge in [0.05, 0.1) is 19.6 Å². The van der Waals surface area contributed by atoms with E-state index >= 15 is 0 Å². The Morgan fingerprint density at radius 2 is 0.852 bits per heavy atom. The van der Waals surface area contributed by atoms with Crippen molar-refractivity contribution in [1.29, 1.82) is 0 Å². The maximum Gasteiger partial charge on any atom is 0.407 e. The average Bonchev–Trinajstić information content (AvgIpc) is 2.45. The van der Waals surface area contributed by atoms with Crippen molar-refractivity contribution in [2.45, 2.75) is 0 Å². The third-order valence-electron chi connectivity index (χ3n) is 3.09. The molecule has 0 saturated carbocycles. The molecule has 0 radical (unpaired) electrons. The maximum atomic E-state index is 11.0. The summed E-state index contributed by atoms with van der Waals surface area (Å²) in [6, 6.07) is 0. The Hall–Kier alpha value is -1.61. The molecule has 0 spiro atoms. The largest absolute Gasteiger partial charge is 0.480 e. The number of hydrogen-bond acceptors (Lipinski definition) is 7. The molecule has 5 N–H and O–H groups in total. The second-order valence-corrected chi connectivity index (χ2v) is 5.27. The Kier molecular flexibility index (Phi) is 14.8. The van der Waals surface area contributed by atoms with Crippen LogP contribution in [0.25, 0.3) is 0 Å². The monoisotopic (exact) mass is 537 g/mol. The molecule has 156 valence electrons. The molecule has 0 aromatic heterocycles. The minimum atomic E-state index is -1.49. The summed E-state index contributed by atoms with van der Waals surface area (Å²) >= 11 is 0. The average molecular weight is 537 g/mol. The Labute approximate surface area is 185 Å². The minimum absolute atomic E-state index is 0. The molecular weight excluding hydrogens is 515 g/mol. The van der Waals surface area contributed by atoms with E-state index in [9.17, 15) is 24.0 Å². The second-order valence-electron chi connectivity index (χ2n) is 5.27. The number of rotatable bonds is 14. The fraction of sp³-hybridized carbons (Fsp3) is 0.615. The number of nitrogens with zero attached hydrogens (tertiary/aromatic N) is 3. The Morgan fingerprint density at radius 3 is 1.22 bits per heavy atom. The molecule has 1 amide bonds. The zero-order valence-electron chi connectivity index (χ0n) is 14.1. The van der Waals surface area contributed by atoms with Gasteiger partial charge < -0.3 is 25.5 Å². The summed E-state index contributed by atoms with van der Waals surface area (Å²) in [5, 5.41) is 44.0. The number of carboxylic acid groups (broad SMARTS) is 5. The van der Waals surface area contributed by atoms with Gasteiger partial charge in [-0.05, 0) is 0 Å². The number of hydrogen-bond donors (Lipinski definition) is 5. The predicted octanol–water partition coefficient (Wildman–Crippen LogP) is -2.09. The van der Waals surface area contributed by atoms with Gasteiger partial charge in [0.2, 0.25) is 0 Å². The van der Waals surface area contributed by atoms with Crippen LogP contribution in [0.5, 0.6) is 0 Å². The van der Waals surface area contributed by atoms with Gasteiger partial charge in [-0.3, -0.25) is 33.9 Å². The van der Waals surface area contributed by atoms with Crippen LogP contribution in [0.1, 0.15) is 0 Å². The normalized spacial score (nSPS) is 10.3. The molecule has 0 aliphatic rings. The van der Waals surface area contributed by atoms with Crippen LogP contribution in [0.2, 0.25) is 0 Å². The summed E-state index contributed by atoms with van der Waals surface area (Å²) in [5.74, 6) is -5.11. The van der Waals surface area contributed by atoms with Gasteiger partial charge in [-0.15, -0.1) is 0 Å². The summed E-state index contributed by atoms with van der Waals surface area (Å²) in [5.41, 5.74) is 0. The van der Waals surface area contributed by atoms with Gasteiger partial charge in [0.15, 0.2) is 0 Å². The first-order valence-electron chi connectivity index (χ1n) is 7.31. The second kappa shape index (κ2) is 14.5. The molecule has 0 unspecified atom stereocenters. The number of amides is 1. The molecule has 0 bridgehead atoms. The minimum Gasteiger partial charge on any atom is -0.480 e. The Bertz CT molecular complexity index is 528. The fourth-order valence-electron chi connectivity index (χ4n) is 2.01. The summed E-state index contributed by atoms with van der Waals surface area (Å²) in [7, 11) is 0. The van der Waals surface area contributed by atoms with Crippen LogP contribution in [0.3, 0.4) is 0 Å². The van der Waals surface area contributed by atoms with Gasteiger partial charge >= 0.3 is 30.0 Å². The van der Waals surface area contributed by atoms with Crippen LogP contribution >= 0.6 is 0 Å². The molecule has 0 rings (SSSR count). The van der Waals surface area contributed by atoms with E-state index in [4.69, 9.17) is 25.5 Å². The van der Waals surface area contributed by atoms with Crippen LogP contribution in [-0.4, -0.2) is 123 Å². The van der Waals surface area contributed by atoms with Gasteiger partial charge in [0.25, 0.3) is 0 Å².